The van der Waals surface area contributed by atoms with Gasteiger partial charge in [-0.15, -0.1) is 0 Å². The van der Waals surface area contributed by atoms with Gasteiger partial charge in [0.25, 0.3) is 5.69 Å². The third kappa shape index (κ3) is 4.31. The normalized spacial score (nSPS) is 16.0. The number of benzene rings is 2. The zero-order chi connectivity index (χ0) is 19.4. The van der Waals surface area contributed by atoms with E-state index in [1.165, 1.54) is 22.5 Å². The summed E-state index contributed by atoms with van der Waals surface area (Å²) in [5.74, 6) is 0. The van der Waals surface area contributed by atoms with Crippen LogP contribution in [0.25, 0.3) is 0 Å². The minimum atomic E-state index is -3.77. The molecule has 0 spiro atoms. The standard InChI is InChI=1S/C18H18N4O4S/c19-13-15-3-1-4-16(11-15)14-20-7-9-21(10-8-20)27(25,26)18-6-2-5-17(12-18)22(23)24/h1-6,11-12H,7-10,14H2. The Bertz CT molecular complexity index is 992. The van der Waals surface area contributed by atoms with Gasteiger partial charge in [0.2, 0.25) is 10.0 Å². The van der Waals surface area contributed by atoms with Crippen molar-refractivity contribution < 1.29 is 13.3 Å². The summed E-state index contributed by atoms with van der Waals surface area (Å²) in [5, 5.41) is 19.9. The Balaban J connectivity index is 1.67. The number of hydrogen-bond acceptors (Lipinski definition) is 6. The van der Waals surface area contributed by atoms with E-state index in [0.717, 1.165) is 11.6 Å². The van der Waals surface area contributed by atoms with E-state index >= 15 is 0 Å². The van der Waals surface area contributed by atoms with Gasteiger partial charge in [-0.1, -0.05) is 18.2 Å². The summed E-state index contributed by atoms with van der Waals surface area (Å²) in [5.41, 5.74) is 1.36. The van der Waals surface area contributed by atoms with Crippen LogP contribution in [-0.2, 0) is 16.6 Å². The van der Waals surface area contributed by atoms with Gasteiger partial charge in [-0.25, -0.2) is 8.42 Å². The van der Waals surface area contributed by atoms with Crippen LogP contribution in [0.3, 0.4) is 0 Å². The highest BCUT2D eigenvalue weighted by Gasteiger charge is 2.29. The molecule has 2 aromatic carbocycles. The molecule has 3 rings (SSSR count). The van der Waals surface area contributed by atoms with Crippen LogP contribution in [0.2, 0.25) is 0 Å². The van der Waals surface area contributed by atoms with Crippen molar-refractivity contribution in [2.24, 2.45) is 0 Å². The number of non-ortho nitro benzene ring substituents is 1. The molecule has 1 aliphatic rings. The molecule has 0 saturated carbocycles. The number of nitrogens with zero attached hydrogens (tertiary/aromatic N) is 4. The maximum Gasteiger partial charge on any atom is 0.270 e. The van der Waals surface area contributed by atoms with Crippen molar-refractivity contribution in [2.45, 2.75) is 11.4 Å². The first-order valence-electron chi connectivity index (χ1n) is 8.36. The van der Waals surface area contributed by atoms with E-state index in [1.54, 1.807) is 6.07 Å². The van der Waals surface area contributed by atoms with E-state index in [9.17, 15) is 18.5 Å². The molecule has 0 unspecified atom stereocenters. The summed E-state index contributed by atoms with van der Waals surface area (Å²) in [6, 6.07) is 14.6. The molecule has 0 radical (unpaired) electrons. The molecule has 2 aromatic rings. The SMILES string of the molecule is N#Cc1cccc(CN2CCN(S(=O)(=O)c3cccc([N+](=O)[O-])c3)CC2)c1. The van der Waals surface area contributed by atoms with Gasteiger partial charge in [-0.2, -0.15) is 9.57 Å². The number of nitro benzene ring substituents is 1. The van der Waals surface area contributed by atoms with Crippen LogP contribution in [0.4, 0.5) is 5.69 Å². The van der Waals surface area contributed by atoms with Gasteiger partial charge in [0, 0.05) is 44.9 Å². The Morgan fingerprint density at radius 2 is 1.78 bits per heavy atom. The van der Waals surface area contributed by atoms with Gasteiger partial charge in [0.05, 0.1) is 21.5 Å². The van der Waals surface area contributed by atoms with E-state index in [-0.39, 0.29) is 10.6 Å². The molecule has 1 heterocycles. The van der Waals surface area contributed by atoms with Crippen molar-refractivity contribution in [1.82, 2.24) is 9.21 Å². The zero-order valence-electron chi connectivity index (χ0n) is 14.5. The number of piperazine rings is 1. The van der Waals surface area contributed by atoms with Crippen molar-refractivity contribution >= 4 is 15.7 Å². The molecule has 1 aliphatic heterocycles. The third-order valence-electron chi connectivity index (χ3n) is 4.46. The van der Waals surface area contributed by atoms with E-state index in [0.29, 0.717) is 38.3 Å². The average Bonchev–Trinajstić information content (AvgIpc) is 2.68. The second-order valence-electron chi connectivity index (χ2n) is 6.25. The molecule has 0 aliphatic carbocycles. The van der Waals surface area contributed by atoms with Crippen molar-refractivity contribution in [3.05, 3.63) is 69.8 Å². The Hall–Kier alpha value is -2.80. The van der Waals surface area contributed by atoms with E-state index in [4.69, 9.17) is 5.26 Å². The first kappa shape index (κ1) is 19.0. The van der Waals surface area contributed by atoms with Gasteiger partial charge < -0.3 is 0 Å². The Morgan fingerprint density at radius 1 is 1.07 bits per heavy atom. The number of rotatable bonds is 5. The molecule has 1 fully saturated rings. The molecule has 1 saturated heterocycles. The fraction of sp³-hybridized carbons (Fsp3) is 0.278. The zero-order valence-corrected chi connectivity index (χ0v) is 15.3. The highest BCUT2D eigenvalue weighted by Crippen LogP contribution is 2.22. The number of nitriles is 1. The smallest absolute Gasteiger partial charge is 0.270 e. The Kier molecular flexibility index (Phi) is 5.51. The van der Waals surface area contributed by atoms with Gasteiger partial charge in [-0.05, 0) is 23.8 Å². The summed E-state index contributed by atoms with van der Waals surface area (Å²) in [4.78, 5) is 12.3. The van der Waals surface area contributed by atoms with Gasteiger partial charge >= 0.3 is 0 Å². The summed E-state index contributed by atoms with van der Waals surface area (Å²) in [6.07, 6.45) is 0. The van der Waals surface area contributed by atoms with Gasteiger partial charge in [0.1, 0.15) is 0 Å². The summed E-state index contributed by atoms with van der Waals surface area (Å²) >= 11 is 0. The molecular formula is C18H18N4O4S. The minimum absolute atomic E-state index is 0.0631. The van der Waals surface area contributed by atoms with Gasteiger partial charge in [-0.3, -0.25) is 15.0 Å². The second kappa shape index (κ2) is 7.84. The van der Waals surface area contributed by atoms with Crippen LogP contribution in [0, 0.1) is 21.4 Å². The number of nitro groups is 1. The molecule has 0 bridgehead atoms. The monoisotopic (exact) mass is 386 g/mol. The Labute approximate surface area is 157 Å². The first-order valence-corrected chi connectivity index (χ1v) is 9.80. The lowest BCUT2D eigenvalue weighted by Crippen LogP contribution is -2.48. The molecule has 27 heavy (non-hydrogen) atoms. The van der Waals surface area contributed by atoms with Crippen molar-refractivity contribution in [2.75, 3.05) is 26.2 Å². The predicted octanol–water partition coefficient (Wildman–Crippen LogP) is 1.97. The molecular weight excluding hydrogens is 368 g/mol. The first-order chi connectivity index (χ1) is 12.9. The number of sulfonamides is 1. The Morgan fingerprint density at radius 3 is 2.44 bits per heavy atom. The molecule has 0 aromatic heterocycles. The van der Waals surface area contributed by atoms with Crippen LogP contribution in [0.1, 0.15) is 11.1 Å². The van der Waals surface area contributed by atoms with Crippen LogP contribution in [0.5, 0.6) is 0 Å². The lowest BCUT2D eigenvalue weighted by molar-refractivity contribution is -0.385. The molecule has 0 N–H and O–H groups in total. The van der Waals surface area contributed by atoms with E-state index in [2.05, 4.69) is 11.0 Å². The van der Waals surface area contributed by atoms with Crippen LogP contribution in [0.15, 0.2) is 53.4 Å². The maximum atomic E-state index is 12.8. The fourth-order valence-electron chi connectivity index (χ4n) is 3.03. The van der Waals surface area contributed by atoms with Crippen molar-refractivity contribution in [3.63, 3.8) is 0 Å². The minimum Gasteiger partial charge on any atom is -0.296 e. The topological polar surface area (TPSA) is 108 Å². The van der Waals surface area contributed by atoms with Crippen molar-refractivity contribution in [1.29, 1.82) is 5.26 Å². The van der Waals surface area contributed by atoms with Crippen LogP contribution in [-0.4, -0.2) is 48.7 Å². The lowest BCUT2D eigenvalue weighted by atomic mass is 10.1. The predicted molar refractivity (Wildman–Crippen MR) is 98.3 cm³/mol. The fourth-order valence-corrected chi connectivity index (χ4v) is 4.49. The number of hydrogen-bond donors (Lipinski definition) is 0. The van der Waals surface area contributed by atoms with Gasteiger partial charge in [0.15, 0.2) is 0 Å². The summed E-state index contributed by atoms with van der Waals surface area (Å²) in [7, 11) is -3.77. The molecule has 8 nitrogen and oxygen atoms in total. The van der Waals surface area contributed by atoms with Crippen LogP contribution >= 0.6 is 0 Å². The van der Waals surface area contributed by atoms with E-state index < -0.39 is 14.9 Å². The summed E-state index contributed by atoms with van der Waals surface area (Å²) in [6.45, 7) is 2.35. The largest absolute Gasteiger partial charge is 0.296 e. The van der Waals surface area contributed by atoms with Crippen LogP contribution < -0.4 is 0 Å². The lowest BCUT2D eigenvalue weighted by Gasteiger charge is -2.34. The molecule has 0 atom stereocenters. The second-order valence-corrected chi connectivity index (χ2v) is 8.18. The third-order valence-corrected chi connectivity index (χ3v) is 6.35. The van der Waals surface area contributed by atoms with E-state index in [1.807, 2.05) is 18.2 Å². The molecule has 9 heteroatoms. The average molecular weight is 386 g/mol. The molecule has 0 amide bonds. The highest BCUT2D eigenvalue weighted by molar-refractivity contribution is 7.89. The summed E-state index contributed by atoms with van der Waals surface area (Å²) < 4.78 is 26.9. The maximum absolute atomic E-state index is 12.8. The highest BCUT2D eigenvalue weighted by atomic mass is 32.2. The van der Waals surface area contributed by atoms with Crippen molar-refractivity contribution in [3.8, 4) is 6.07 Å². The molecule has 140 valence electrons. The quantitative estimate of drug-likeness (QED) is 0.574.